The van der Waals surface area contributed by atoms with E-state index in [-0.39, 0.29) is 11.2 Å². The number of hydrogen-bond acceptors (Lipinski definition) is 2. The van der Waals surface area contributed by atoms with Crippen molar-refractivity contribution in [1.29, 1.82) is 0 Å². The summed E-state index contributed by atoms with van der Waals surface area (Å²) in [5.74, 6) is 0.0308. The summed E-state index contributed by atoms with van der Waals surface area (Å²) in [6.07, 6.45) is 1.69. The Kier molecular flexibility index (Phi) is 4.19. The number of hydrogen-bond donors (Lipinski definition) is 1. The molecular weight excluding hydrogens is 146 g/mol. The Morgan fingerprint density at radius 3 is 2.70 bits per heavy atom. The zero-order chi connectivity index (χ0) is 8.15. The van der Waals surface area contributed by atoms with Gasteiger partial charge < -0.3 is 4.90 Å². The second-order valence-corrected chi connectivity index (χ2v) is 2.96. The van der Waals surface area contributed by atoms with Gasteiger partial charge >= 0.3 is 0 Å². The van der Waals surface area contributed by atoms with Crippen LogP contribution in [0, 0.1) is 0 Å². The van der Waals surface area contributed by atoms with Gasteiger partial charge in [0.05, 0.1) is 5.25 Å². The molecule has 2 nitrogen and oxygen atoms in total. The van der Waals surface area contributed by atoms with Gasteiger partial charge in [0, 0.05) is 13.6 Å². The maximum Gasteiger partial charge on any atom is 0.235 e. The third-order valence-corrected chi connectivity index (χ3v) is 1.36. The van der Waals surface area contributed by atoms with Crippen LogP contribution in [0.3, 0.4) is 0 Å². The quantitative estimate of drug-likeness (QED) is 0.480. The number of nitrogens with zero attached hydrogens (tertiary/aromatic N) is 1. The summed E-state index contributed by atoms with van der Waals surface area (Å²) in [7, 11) is 1.73. The van der Waals surface area contributed by atoms with E-state index in [0.29, 0.717) is 6.54 Å². The van der Waals surface area contributed by atoms with Crippen molar-refractivity contribution < 1.29 is 4.79 Å². The fraction of sp³-hybridized carbons (Fsp3) is 0.571. The van der Waals surface area contributed by atoms with Crippen LogP contribution in [-0.4, -0.2) is 29.6 Å². The summed E-state index contributed by atoms with van der Waals surface area (Å²) in [6, 6.07) is 0. The Morgan fingerprint density at radius 1 is 1.90 bits per heavy atom. The molecule has 0 aliphatic rings. The minimum atomic E-state index is -0.218. The fourth-order valence-electron chi connectivity index (χ4n) is 0.603. The van der Waals surface area contributed by atoms with Gasteiger partial charge in [-0.3, -0.25) is 4.79 Å². The van der Waals surface area contributed by atoms with Crippen molar-refractivity contribution in [1.82, 2.24) is 4.90 Å². The Hall–Kier alpha value is -0.440. The van der Waals surface area contributed by atoms with Gasteiger partial charge in [-0.25, -0.2) is 0 Å². The standard InChI is InChI=1S/C7H13NOS/c1-4-5-8(3)7(9)6(2)10/h4,6,10H,1,5H2,2-3H3. The normalized spacial score (nSPS) is 12.3. The van der Waals surface area contributed by atoms with Crippen molar-refractivity contribution >= 4 is 18.5 Å². The van der Waals surface area contributed by atoms with Crippen molar-refractivity contribution in [3.8, 4) is 0 Å². The molecule has 0 heterocycles. The second kappa shape index (κ2) is 4.39. The van der Waals surface area contributed by atoms with Crippen molar-refractivity contribution in [2.45, 2.75) is 12.2 Å². The largest absolute Gasteiger partial charge is 0.341 e. The molecule has 1 unspecified atom stereocenters. The maximum atomic E-state index is 11.0. The lowest BCUT2D eigenvalue weighted by atomic mass is 10.4. The molecule has 0 bridgehead atoms. The number of thiol groups is 1. The van der Waals surface area contributed by atoms with Gasteiger partial charge in [-0.1, -0.05) is 6.08 Å². The minimum absolute atomic E-state index is 0.0308. The van der Waals surface area contributed by atoms with Crippen LogP contribution < -0.4 is 0 Å². The first kappa shape index (κ1) is 9.56. The molecule has 0 saturated carbocycles. The van der Waals surface area contributed by atoms with Crippen molar-refractivity contribution in [2.75, 3.05) is 13.6 Å². The highest BCUT2D eigenvalue weighted by Gasteiger charge is 2.11. The smallest absolute Gasteiger partial charge is 0.235 e. The lowest BCUT2D eigenvalue weighted by Gasteiger charge is -2.16. The molecule has 0 aromatic rings. The van der Waals surface area contributed by atoms with E-state index in [1.54, 1.807) is 24.9 Å². The molecule has 0 aromatic heterocycles. The van der Waals surface area contributed by atoms with Crippen LogP contribution in [-0.2, 0) is 4.79 Å². The molecule has 0 N–H and O–H groups in total. The summed E-state index contributed by atoms with van der Waals surface area (Å²) in [4.78, 5) is 12.6. The first-order chi connectivity index (χ1) is 4.59. The summed E-state index contributed by atoms with van der Waals surface area (Å²) < 4.78 is 0. The molecule has 0 aromatic carbocycles. The maximum absolute atomic E-state index is 11.0. The zero-order valence-corrected chi connectivity index (χ0v) is 7.27. The summed E-state index contributed by atoms with van der Waals surface area (Å²) in [5.41, 5.74) is 0. The summed E-state index contributed by atoms with van der Waals surface area (Å²) in [6.45, 7) is 5.87. The van der Waals surface area contributed by atoms with Crippen molar-refractivity contribution in [3.63, 3.8) is 0 Å². The molecule has 0 saturated heterocycles. The van der Waals surface area contributed by atoms with Gasteiger partial charge in [0.15, 0.2) is 0 Å². The van der Waals surface area contributed by atoms with Crippen molar-refractivity contribution in [3.05, 3.63) is 12.7 Å². The molecule has 3 heteroatoms. The molecule has 1 atom stereocenters. The number of carbonyl (C=O) groups is 1. The van der Waals surface area contributed by atoms with E-state index >= 15 is 0 Å². The lowest BCUT2D eigenvalue weighted by Crippen LogP contribution is -2.32. The Labute approximate surface area is 67.3 Å². The Morgan fingerprint density at radius 2 is 2.40 bits per heavy atom. The molecular formula is C7H13NOS. The molecule has 1 amide bonds. The topological polar surface area (TPSA) is 20.3 Å². The highest BCUT2D eigenvalue weighted by molar-refractivity contribution is 7.81. The van der Waals surface area contributed by atoms with Gasteiger partial charge in [-0.05, 0) is 6.92 Å². The third kappa shape index (κ3) is 2.92. The van der Waals surface area contributed by atoms with Crippen LogP contribution in [0.1, 0.15) is 6.92 Å². The predicted molar refractivity (Wildman–Crippen MR) is 46.3 cm³/mol. The van der Waals surface area contributed by atoms with Crippen LogP contribution in [0.15, 0.2) is 12.7 Å². The molecule has 0 rings (SSSR count). The SMILES string of the molecule is C=CCN(C)C(=O)C(C)S. The average Bonchev–Trinajstić information content (AvgIpc) is 1.87. The van der Waals surface area contributed by atoms with E-state index in [1.165, 1.54) is 0 Å². The third-order valence-electron chi connectivity index (χ3n) is 1.14. The Bertz CT molecular complexity index is 134. The van der Waals surface area contributed by atoms with Gasteiger partial charge in [0.25, 0.3) is 0 Å². The minimum Gasteiger partial charge on any atom is -0.341 e. The van der Waals surface area contributed by atoms with Crippen LogP contribution in [0.4, 0.5) is 0 Å². The highest BCUT2D eigenvalue weighted by Crippen LogP contribution is 1.97. The van der Waals surface area contributed by atoms with Gasteiger partial charge in [-0.15, -0.1) is 6.58 Å². The monoisotopic (exact) mass is 159 g/mol. The molecule has 0 fully saturated rings. The predicted octanol–water partition coefficient (Wildman–Crippen LogP) is 0.949. The Balaban J connectivity index is 3.81. The van der Waals surface area contributed by atoms with E-state index < -0.39 is 0 Å². The van der Waals surface area contributed by atoms with Gasteiger partial charge in [0.2, 0.25) is 5.91 Å². The van der Waals surface area contributed by atoms with E-state index in [4.69, 9.17) is 0 Å². The van der Waals surface area contributed by atoms with Gasteiger partial charge in [0.1, 0.15) is 0 Å². The fourth-order valence-corrected chi connectivity index (χ4v) is 0.800. The first-order valence-electron chi connectivity index (χ1n) is 3.13. The number of rotatable bonds is 3. The summed E-state index contributed by atoms with van der Waals surface area (Å²) >= 11 is 4.00. The van der Waals surface area contributed by atoms with E-state index in [2.05, 4.69) is 19.2 Å². The van der Waals surface area contributed by atoms with E-state index in [0.717, 1.165) is 0 Å². The first-order valence-corrected chi connectivity index (χ1v) is 3.65. The van der Waals surface area contributed by atoms with Crippen LogP contribution in [0.2, 0.25) is 0 Å². The highest BCUT2D eigenvalue weighted by atomic mass is 32.1. The van der Waals surface area contributed by atoms with Crippen LogP contribution >= 0.6 is 12.6 Å². The zero-order valence-electron chi connectivity index (χ0n) is 6.37. The molecule has 0 aliphatic heterocycles. The van der Waals surface area contributed by atoms with Crippen molar-refractivity contribution in [2.24, 2.45) is 0 Å². The molecule has 0 aliphatic carbocycles. The molecule has 0 spiro atoms. The molecule has 58 valence electrons. The van der Waals surface area contributed by atoms with E-state index in [9.17, 15) is 4.79 Å². The van der Waals surface area contributed by atoms with Gasteiger partial charge in [-0.2, -0.15) is 12.6 Å². The number of amides is 1. The summed E-state index contributed by atoms with van der Waals surface area (Å²) in [5, 5.41) is -0.218. The number of carbonyl (C=O) groups excluding carboxylic acids is 1. The number of likely N-dealkylation sites (N-methyl/N-ethyl adjacent to an activating group) is 1. The molecule has 0 radical (unpaired) electrons. The average molecular weight is 159 g/mol. The molecule has 10 heavy (non-hydrogen) atoms. The van der Waals surface area contributed by atoms with Crippen LogP contribution in [0.25, 0.3) is 0 Å². The second-order valence-electron chi connectivity index (χ2n) is 2.18. The van der Waals surface area contributed by atoms with Crippen LogP contribution in [0.5, 0.6) is 0 Å². The van der Waals surface area contributed by atoms with E-state index in [1.807, 2.05) is 0 Å². The lowest BCUT2D eigenvalue weighted by molar-refractivity contribution is -0.128.